The molecular formula is C8H15BF3-. The molecule has 0 aromatic carbocycles. The molecule has 0 spiro atoms. The number of hydrogen-bond donors (Lipinski definition) is 0. The van der Waals surface area contributed by atoms with Gasteiger partial charge < -0.3 is 12.9 Å². The molecule has 0 radical (unpaired) electrons. The van der Waals surface area contributed by atoms with Gasteiger partial charge in [-0.25, -0.2) is 0 Å². The molecule has 0 saturated heterocycles. The van der Waals surface area contributed by atoms with Crippen molar-refractivity contribution >= 4 is 6.98 Å². The van der Waals surface area contributed by atoms with Crippen LogP contribution in [0.3, 0.4) is 0 Å². The molecule has 0 N–H and O–H groups in total. The summed E-state index contributed by atoms with van der Waals surface area (Å²) in [6, 6.07) is 0. The maximum Gasteiger partial charge on any atom is 0.481 e. The van der Waals surface area contributed by atoms with E-state index in [0.29, 0.717) is 0 Å². The SMILES string of the molecule is CC1CCCC(C)C1[B-](F)(F)F. The second kappa shape index (κ2) is 3.31. The van der Waals surface area contributed by atoms with Crippen LogP contribution < -0.4 is 0 Å². The van der Waals surface area contributed by atoms with Crippen LogP contribution in [0.2, 0.25) is 5.82 Å². The molecule has 0 bridgehead atoms. The van der Waals surface area contributed by atoms with Gasteiger partial charge in [0.25, 0.3) is 0 Å². The molecular weight excluding hydrogens is 164 g/mol. The van der Waals surface area contributed by atoms with Gasteiger partial charge in [-0.2, -0.15) is 0 Å². The van der Waals surface area contributed by atoms with Crippen LogP contribution in [0.5, 0.6) is 0 Å². The van der Waals surface area contributed by atoms with Crippen molar-refractivity contribution in [2.45, 2.75) is 38.9 Å². The Morgan fingerprint density at radius 3 is 1.67 bits per heavy atom. The summed E-state index contributed by atoms with van der Waals surface area (Å²) >= 11 is 0. The highest BCUT2D eigenvalue weighted by molar-refractivity contribution is 6.60. The van der Waals surface area contributed by atoms with Crippen molar-refractivity contribution < 1.29 is 12.9 Å². The highest BCUT2D eigenvalue weighted by Crippen LogP contribution is 2.46. The summed E-state index contributed by atoms with van der Waals surface area (Å²) in [6.07, 6.45) is 2.46. The molecule has 12 heavy (non-hydrogen) atoms. The monoisotopic (exact) mass is 179 g/mol. The van der Waals surface area contributed by atoms with Crippen molar-refractivity contribution in [3.05, 3.63) is 0 Å². The van der Waals surface area contributed by atoms with E-state index in [9.17, 15) is 12.9 Å². The average molecular weight is 179 g/mol. The molecule has 72 valence electrons. The van der Waals surface area contributed by atoms with E-state index in [-0.39, 0.29) is 11.8 Å². The van der Waals surface area contributed by atoms with Crippen LogP contribution in [-0.4, -0.2) is 6.98 Å². The number of hydrogen-bond acceptors (Lipinski definition) is 0. The third-order valence-electron chi connectivity index (χ3n) is 3.07. The minimum absolute atomic E-state index is 0.159. The van der Waals surface area contributed by atoms with E-state index in [1.54, 1.807) is 13.8 Å². The zero-order chi connectivity index (χ0) is 9.35. The van der Waals surface area contributed by atoms with Gasteiger partial charge in [0.1, 0.15) is 0 Å². The van der Waals surface area contributed by atoms with Crippen LogP contribution in [0.15, 0.2) is 0 Å². The highest BCUT2D eigenvalue weighted by atomic mass is 19.4. The fraction of sp³-hybridized carbons (Fsp3) is 1.00. The van der Waals surface area contributed by atoms with Crippen LogP contribution >= 0.6 is 0 Å². The first-order chi connectivity index (χ1) is 5.43. The smallest absolute Gasteiger partial charge is 0.449 e. The van der Waals surface area contributed by atoms with Crippen molar-refractivity contribution in [3.63, 3.8) is 0 Å². The molecule has 2 unspecified atom stereocenters. The lowest BCUT2D eigenvalue weighted by Gasteiger charge is -2.40. The third-order valence-corrected chi connectivity index (χ3v) is 3.07. The van der Waals surface area contributed by atoms with E-state index in [0.717, 1.165) is 19.3 Å². The van der Waals surface area contributed by atoms with Crippen LogP contribution in [0.25, 0.3) is 0 Å². The van der Waals surface area contributed by atoms with E-state index in [1.165, 1.54) is 0 Å². The first-order valence-corrected chi connectivity index (χ1v) is 4.63. The van der Waals surface area contributed by atoms with Gasteiger partial charge in [0.15, 0.2) is 0 Å². The van der Waals surface area contributed by atoms with Gasteiger partial charge in [-0.3, -0.25) is 0 Å². The van der Waals surface area contributed by atoms with E-state index >= 15 is 0 Å². The van der Waals surface area contributed by atoms with Gasteiger partial charge in [-0.05, 0) is 0 Å². The first kappa shape index (κ1) is 9.94. The summed E-state index contributed by atoms with van der Waals surface area (Å²) in [7, 11) is 0. The summed E-state index contributed by atoms with van der Waals surface area (Å²) < 4.78 is 37.5. The molecule has 1 saturated carbocycles. The van der Waals surface area contributed by atoms with Crippen LogP contribution in [0, 0.1) is 11.8 Å². The van der Waals surface area contributed by atoms with Crippen molar-refractivity contribution in [2.75, 3.05) is 0 Å². The van der Waals surface area contributed by atoms with Gasteiger partial charge in [0.05, 0.1) is 0 Å². The second-order valence-electron chi connectivity index (χ2n) is 4.09. The lowest BCUT2D eigenvalue weighted by molar-refractivity contribution is 0.245. The van der Waals surface area contributed by atoms with Gasteiger partial charge in [0, 0.05) is 0 Å². The summed E-state index contributed by atoms with van der Waals surface area (Å²) in [5, 5.41) is 0. The molecule has 4 heteroatoms. The van der Waals surface area contributed by atoms with Crippen LogP contribution in [0.4, 0.5) is 12.9 Å². The van der Waals surface area contributed by atoms with Gasteiger partial charge in [0.2, 0.25) is 0 Å². The second-order valence-corrected chi connectivity index (χ2v) is 4.09. The molecule has 0 heterocycles. The summed E-state index contributed by atoms with van der Waals surface area (Å²) in [6.45, 7) is -1.15. The maximum atomic E-state index is 12.5. The Morgan fingerprint density at radius 2 is 1.42 bits per heavy atom. The van der Waals surface area contributed by atoms with Gasteiger partial charge in [-0.1, -0.05) is 50.8 Å². The van der Waals surface area contributed by atoms with E-state index in [2.05, 4.69) is 0 Å². The number of rotatable bonds is 1. The minimum Gasteiger partial charge on any atom is -0.449 e. The topological polar surface area (TPSA) is 0 Å². The molecule has 1 aliphatic carbocycles. The Kier molecular flexibility index (Phi) is 2.74. The Labute approximate surface area is 71.6 Å². The van der Waals surface area contributed by atoms with Gasteiger partial charge in [-0.15, -0.1) is 0 Å². The van der Waals surface area contributed by atoms with Crippen molar-refractivity contribution in [1.29, 1.82) is 0 Å². The predicted octanol–water partition coefficient (Wildman–Crippen LogP) is 3.66. The largest absolute Gasteiger partial charge is 0.481 e. The highest BCUT2D eigenvalue weighted by Gasteiger charge is 2.42. The van der Waals surface area contributed by atoms with Crippen molar-refractivity contribution in [2.24, 2.45) is 11.8 Å². The lowest BCUT2D eigenvalue weighted by atomic mass is 9.56. The van der Waals surface area contributed by atoms with Gasteiger partial charge >= 0.3 is 6.98 Å². The molecule has 0 aromatic rings. The molecule has 2 atom stereocenters. The molecule has 1 rings (SSSR count). The molecule has 0 amide bonds. The number of halogens is 3. The maximum absolute atomic E-state index is 12.5. The van der Waals surface area contributed by atoms with Crippen LogP contribution in [-0.2, 0) is 0 Å². The molecule has 0 aliphatic heterocycles. The molecule has 1 fully saturated rings. The summed E-state index contributed by atoms with van der Waals surface area (Å²) in [5.74, 6) is -1.32. The normalized spacial score (nSPS) is 38.2. The quantitative estimate of drug-likeness (QED) is 0.538. The first-order valence-electron chi connectivity index (χ1n) is 4.63. The molecule has 0 aromatic heterocycles. The van der Waals surface area contributed by atoms with E-state index in [4.69, 9.17) is 0 Å². The molecule has 1 aliphatic rings. The zero-order valence-corrected chi connectivity index (χ0v) is 7.56. The molecule has 0 nitrogen and oxygen atoms in total. The minimum atomic E-state index is -4.61. The Morgan fingerprint density at radius 1 is 1.00 bits per heavy atom. The van der Waals surface area contributed by atoms with Crippen LogP contribution in [0.1, 0.15) is 33.1 Å². The summed E-state index contributed by atoms with van der Waals surface area (Å²) in [5.41, 5.74) is 0. The van der Waals surface area contributed by atoms with Crippen molar-refractivity contribution in [3.8, 4) is 0 Å². The Hall–Kier alpha value is -0.145. The fourth-order valence-electron chi connectivity index (χ4n) is 2.45. The van der Waals surface area contributed by atoms with E-state index in [1.807, 2.05) is 0 Å². The van der Waals surface area contributed by atoms with E-state index < -0.39 is 12.8 Å². The van der Waals surface area contributed by atoms with Crippen molar-refractivity contribution in [1.82, 2.24) is 0 Å². The predicted molar refractivity (Wildman–Crippen MR) is 45.0 cm³/mol. The Bertz CT molecular complexity index is 145. The fourth-order valence-corrected chi connectivity index (χ4v) is 2.45. The summed E-state index contributed by atoms with van der Waals surface area (Å²) in [4.78, 5) is 0. The zero-order valence-electron chi connectivity index (χ0n) is 7.56. The average Bonchev–Trinajstić information content (AvgIpc) is 1.82. The third kappa shape index (κ3) is 1.96. The lowest BCUT2D eigenvalue weighted by Crippen LogP contribution is -2.36. The Balaban J connectivity index is 2.69. The standard InChI is InChI=1S/C8H15BF3/c1-6-4-3-5-7(2)8(6)9(10,11)12/h6-8H,3-5H2,1-2H3/q-1.